The van der Waals surface area contributed by atoms with Crippen molar-refractivity contribution in [2.45, 2.75) is 17.0 Å². The lowest BCUT2D eigenvalue weighted by atomic mass is 10.0. The van der Waals surface area contributed by atoms with Crippen LogP contribution in [0.1, 0.15) is 11.5 Å². The molecule has 0 bridgehead atoms. The second-order valence-corrected chi connectivity index (χ2v) is 11.3. The fourth-order valence-corrected chi connectivity index (χ4v) is 6.58. The fourth-order valence-electron chi connectivity index (χ4n) is 4.87. The number of amides is 1. The molecule has 42 heavy (non-hydrogen) atoms. The van der Waals surface area contributed by atoms with Crippen LogP contribution >= 0.6 is 0 Å². The van der Waals surface area contributed by atoms with Gasteiger partial charge in [-0.1, -0.05) is 42.5 Å². The monoisotopic (exact) mass is 609 g/mol. The molecule has 0 radical (unpaired) electrons. The summed E-state index contributed by atoms with van der Waals surface area (Å²) < 4.78 is 71.8. The number of carbonyl (C=O) groups is 2. The van der Waals surface area contributed by atoms with E-state index in [1.54, 1.807) is 37.4 Å². The molecule has 1 unspecified atom stereocenters. The average molecular weight is 610 g/mol. The minimum atomic E-state index is -5.08. The molecule has 2 heterocycles. The Morgan fingerprint density at radius 1 is 1.02 bits per heavy atom. The van der Waals surface area contributed by atoms with Crippen LogP contribution < -0.4 is 14.4 Å². The topological polar surface area (TPSA) is 125 Å². The van der Waals surface area contributed by atoms with Crippen LogP contribution in [0, 0.1) is 0 Å². The molecule has 0 aliphatic carbocycles. The molecule has 2 aliphatic rings. The molecular weight excluding hydrogens is 579 g/mol. The summed E-state index contributed by atoms with van der Waals surface area (Å²) in [6.45, 7) is 4.42. The number of rotatable bonds is 7. The standard InChI is InChI=1S/C26H29N3O5S.C2HF3O2/c1-33-24-10-11-25(21-8-3-2-7-20(21)24)35(31,32)29-18-22(19-6-4-5-9-23(19)29)26(30)27-12-13-28-14-16-34-17-15-28;3-2(4,5)1(6)7/h2-11,22H,12-18H2,1H3,(H,27,30);(H,6,7). The van der Waals surface area contributed by atoms with Gasteiger partial charge in [0.25, 0.3) is 10.0 Å². The number of anilines is 1. The Hall–Kier alpha value is -3.88. The quantitative estimate of drug-likeness (QED) is 0.419. The Balaban J connectivity index is 0.000000517. The summed E-state index contributed by atoms with van der Waals surface area (Å²) in [5.74, 6) is -2.88. The number of hydrogen-bond acceptors (Lipinski definition) is 7. The highest BCUT2D eigenvalue weighted by Crippen LogP contribution is 2.41. The number of nitrogens with one attached hydrogen (secondary N) is 1. The van der Waals surface area contributed by atoms with Crippen LogP contribution in [0.5, 0.6) is 5.75 Å². The van der Waals surface area contributed by atoms with Crippen molar-refractivity contribution in [3.05, 3.63) is 66.2 Å². The summed E-state index contributed by atoms with van der Waals surface area (Å²) in [6.07, 6.45) is -5.08. The first kappa shape index (κ1) is 31.1. The van der Waals surface area contributed by atoms with Crippen LogP contribution in [0.4, 0.5) is 18.9 Å². The smallest absolute Gasteiger partial charge is 0.490 e. The van der Waals surface area contributed by atoms with Crippen LogP contribution in [0.3, 0.4) is 0 Å². The van der Waals surface area contributed by atoms with Gasteiger partial charge in [0, 0.05) is 37.0 Å². The Kier molecular flexibility index (Phi) is 9.59. The SMILES string of the molecule is COc1ccc(S(=O)(=O)N2CC(C(=O)NCCN3CCOCC3)c3ccccc32)c2ccccc12.O=C(O)C(F)(F)F. The van der Waals surface area contributed by atoms with Crippen molar-refractivity contribution in [3.8, 4) is 5.75 Å². The van der Waals surface area contributed by atoms with Gasteiger partial charge in [-0.2, -0.15) is 13.2 Å². The van der Waals surface area contributed by atoms with Gasteiger partial charge in [-0.15, -0.1) is 0 Å². The number of para-hydroxylation sites is 1. The molecule has 1 amide bonds. The van der Waals surface area contributed by atoms with Crippen LogP contribution in [0.2, 0.25) is 0 Å². The van der Waals surface area contributed by atoms with Crippen molar-refractivity contribution in [3.63, 3.8) is 0 Å². The Morgan fingerprint density at radius 2 is 1.64 bits per heavy atom. The fraction of sp³-hybridized carbons (Fsp3) is 0.357. The number of carbonyl (C=O) groups excluding carboxylic acids is 1. The number of carboxylic acids is 1. The van der Waals surface area contributed by atoms with Crippen molar-refractivity contribution in [2.24, 2.45) is 0 Å². The van der Waals surface area contributed by atoms with Crippen LogP contribution in [-0.4, -0.2) is 89.5 Å². The van der Waals surface area contributed by atoms with Gasteiger partial charge in [-0.25, -0.2) is 13.2 Å². The van der Waals surface area contributed by atoms with Crippen LogP contribution in [0.25, 0.3) is 10.8 Å². The normalized spacial score (nSPS) is 17.2. The van der Waals surface area contributed by atoms with Crippen molar-refractivity contribution < 1.29 is 45.8 Å². The Morgan fingerprint density at radius 3 is 2.29 bits per heavy atom. The molecule has 0 aromatic heterocycles. The van der Waals surface area contributed by atoms with E-state index < -0.39 is 28.1 Å². The molecule has 3 aromatic rings. The van der Waals surface area contributed by atoms with Crippen molar-refractivity contribution in [1.29, 1.82) is 0 Å². The van der Waals surface area contributed by atoms with Gasteiger partial charge in [-0.3, -0.25) is 14.0 Å². The lowest BCUT2D eigenvalue weighted by Crippen LogP contribution is -2.42. The highest BCUT2D eigenvalue weighted by molar-refractivity contribution is 7.93. The number of ether oxygens (including phenoxy) is 2. The van der Waals surface area contributed by atoms with Gasteiger partial charge >= 0.3 is 12.1 Å². The molecule has 1 saturated heterocycles. The molecule has 3 aromatic carbocycles. The number of alkyl halides is 3. The molecule has 10 nitrogen and oxygen atoms in total. The molecule has 226 valence electrons. The van der Waals surface area contributed by atoms with Crippen molar-refractivity contribution in [2.75, 3.05) is 57.4 Å². The van der Waals surface area contributed by atoms with Gasteiger partial charge < -0.3 is 19.9 Å². The van der Waals surface area contributed by atoms with E-state index in [1.165, 1.54) is 4.31 Å². The first-order valence-corrected chi connectivity index (χ1v) is 14.4. The van der Waals surface area contributed by atoms with E-state index in [4.69, 9.17) is 19.4 Å². The minimum Gasteiger partial charge on any atom is -0.496 e. The van der Waals surface area contributed by atoms with E-state index in [-0.39, 0.29) is 17.3 Å². The third-order valence-corrected chi connectivity index (χ3v) is 8.79. The van der Waals surface area contributed by atoms with Crippen molar-refractivity contribution in [1.82, 2.24) is 10.2 Å². The average Bonchev–Trinajstić information content (AvgIpc) is 3.38. The lowest BCUT2D eigenvalue weighted by Gasteiger charge is -2.26. The predicted octanol–water partition coefficient (Wildman–Crippen LogP) is 3.22. The third-order valence-electron chi connectivity index (χ3n) is 6.95. The number of hydrogen-bond donors (Lipinski definition) is 2. The molecule has 0 spiro atoms. The van der Waals surface area contributed by atoms with Gasteiger partial charge in [0.05, 0.1) is 43.4 Å². The Bertz CT molecular complexity index is 1540. The van der Waals surface area contributed by atoms with E-state index in [0.29, 0.717) is 36.6 Å². The number of fused-ring (bicyclic) bond motifs is 2. The van der Waals surface area contributed by atoms with Crippen LogP contribution in [-0.2, 0) is 24.3 Å². The number of morpholine rings is 1. The zero-order chi connectivity index (χ0) is 30.5. The molecule has 2 N–H and O–H groups in total. The maximum absolute atomic E-state index is 13.9. The van der Waals surface area contributed by atoms with Gasteiger partial charge in [-0.05, 0) is 23.8 Å². The van der Waals surface area contributed by atoms with E-state index in [0.717, 1.165) is 30.6 Å². The van der Waals surface area contributed by atoms with E-state index in [1.807, 2.05) is 30.3 Å². The first-order chi connectivity index (χ1) is 19.9. The first-order valence-electron chi connectivity index (χ1n) is 13.0. The molecule has 1 fully saturated rings. The maximum atomic E-state index is 13.9. The zero-order valence-corrected chi connectivity index (χ0v) is 23.5. The van der Waals surface area contributed by atoms with Gasteiger partial charge in [0.1, 0.15) is 5.75 Å². The highest BCUT2D eigenvalue weighted by Gasteiger charge is 2.40. The third kappa shape index (κ3) is 6.77. The lowest BCUT2D eigenvalue weighted by molar-refractivity contribution is -0.192. The highest BCUT2D eigenvalue weighted by atomic mass is 32.2. The van der Waals surface area contributed by atoms with E-state index in [9.17, 15) is 26.4 Å². The number of sulfonamides is 1. The molecule has 14 heteroatoms. The minimum absolute atomic E-state index is 0.0609. The van der Waals surface area contributed by atoms with Crippen LogP contribution in [0.15, 0.2) is 65.6 Å². The molecule has 5 rings (SSSR count). The number of halogens is 3. The summed E-state index contributed by atoms with van der Waals surface area (Å²) in [6, 6.07) is 17.8. The number of carboxylic acid groups (broad SMARTS) is 1. The number of nitrogens with zero attached hydrogens (tertiary/aromatic N) is 2. The van der Waals surface area contributed by atoms with Crippen molar-refractivity contribution >= 4 is 38.4 Å². The maximum Gasteiger partial charge on any atom is 0.490 e. The number of benzene rings is 3. The van der Waals surface area contributed by atoms with Gasteiger partial charge in [0.2, 0.25) is 5.91 Å². The van der Waals surface area contributed by atoms with Gasteiger partial charge in [0.15, 0.2) is 0 Å². The molecule has 0 saturated carbocycles. The number of methoxy groups -OCH3 is 1. The number of aliphatic carboxylic acids is 1. The molecule has 1 atom stereocenters. The zero-order valence-electron chi connectivity index (χ0n) is 22.6. The summed E-state index contributed by atoms with van der Waals surface area (Å²) in [5.41, 5.74) is 1.26. The molecule has 2 aliphatic heterocycles. The second kappa shape index (κ2) is 13.0. The van der Waals surface area contributed by atoms with E-state index in [2.05, 4.69) is 10.2 Å². The largest absolute Gasteiger partial charge is 0.496 e. The second-order valence-electron chi connectivity index (χ2n) is 9.51. The molecular formula is C28H30F3N3O7S. The summed E-state index contributed by atoms with van der Waals surface area (Å²) in [5, 5.41) is 11.4. The summed E-state index contributed by atoms with van der Waals surface area (Å²) in [4.78, 5) is 24.5. The Labute approximate surface area is 240 Å². The summed E-state index contributed by atoms with van der Waals surface area (Å²) in [7, 11) is -2.37. The van der Waals surface area contributed by atoms with E-state index >= 15 is 0 Å². The predicted molar refractivity (Wildman–Crippen MR) is 148 cm³/mol. The summed E-state index contributed by atoms with van der Waals surface area (Å²) >= 11 is 0.